The van der Waals surface area contributed by atoms with Crippen molar-refractivity contribution in [3.05, 3.63) is 28.4 Å². The van der Waals surface area contributed by atoms with E-state index in [1.807, 2.05) is 16.7 Å². The molecule has 5 nitrogen and oxygen atoms in total. The van der Waals surface area contributed by atoms with Gasteiger partial charge in [0.1, 0.15) is 0 Å². The molecular weight excluding hydrogens is 214 g/mol. The predicted molar refractivity (Wildman–Crippen MR) is 60.4 cm³/mol. The van der Waals surface area contributed by atoms with E-state index < -0.39 is 0 Å². The SMILES string of the molecule is O=[N+]([O-])c1cccnc1N1CCSCC1. The molecule has 80 valence electrons. The van der Waals surface area contributed by atoms with Crippen molar-refractivity contribution in [2.24, 2.45) is 0 Å². The summed E-state index contributed by atoms with van der Waals surface area (Å²) in [5.74, 6) is 2.52. The molecule has 1 aliphatic rings. The van der Waals surface area contributed by atoms with Crippen LogP contribution in [-0.2, 0) is 0 Å². The minimum absolute atomic E-state index is 0.101. The Labute approximate surface area is 91.6 Å². The van der Waals surface area contributed by atoms with Gasteiger partial charge < -0.3 is 4.90 Å². The van der Waals surface area contributed by atoms with E-state index in [1.54, 1.807) is 12.3 Å². The average molecular weight is 225 g/mol. The highest BCUT2D eigenvalue weighted by molar-refractivity contribution is 7.99. The number of thioether (sulfide) groups is 1. The average Bonchev–Trinajstić information content (AvgIpc) is 2.30. The summed E-state index contributed by atoms with van der Waals surface area (Å²) in [7, 11) is 0. The second kappa shape index (κ2) is 4.48. The predicted octanol–water partition coefficient (Wildman–Crippen LogP) is 1.54. The number of hydrogen-bond acceptors (Lipinski definition) is 5. The van der Waals surface area contributed by atoms with Crippen molar-refractivity contribution < 1.29 is 4.92 Å². The molecule has 0 atom stereocenters. The number of hydrogen-bond donors (Lipinski definition) is 0. The molecule has 1 saturated heterocycles. The van der Waals surface area contributed by atoms with E-state index in [0.29, 0.717) is 5.82 Å². The minimum Gasteiger partial charge on any atom is -0.349 e. The lowest BCUT2D eigenvalue weighted by Gasteiger charge is -2.26. The molecule has 6 heteroatoms. The van der Waals surface area contributed by atoms with E-state index >= 15 is 0 Å². The maximum Gasteiger partial charge on any atom is 0.311 e. The van der Waals surface area contributed by atoms with Crippen LogP contribution in [0.1, 0.15) is 0 Å². The highest BCUT2D eigenvalue weighted by atomic mass is 32.2. The van der Waals surface area contributed by atoms with Crippen molar-refractivity contribution in [3.63, 3.8) is 0 Å². The summed E-state index contributed by atoms with van der Waals surface area (Å²) in [6, 6.07) is 3.10. The summed E-state index contributed by atoms with van der Waals surface area (Å²) >= 11 is 1.87. The molecule has 2 heterocycles. The van der Waals surface area contributed by atoms with Crippen LogP contribution < -0.4 is 4.90 Å². The molecule has 0 unspecified atom stereocenters. The van der Waals surface area contributed by atoms with Gasteiger partial charge in [-0.15, -0.1) is 0 Å². The summed E-state index contributed by atoms with van der Waals surface area (Å²) in [5, 5.41) is 10.8. The molecule has 0 aromatic carbocycles. The Kier molecular flexibility index (Phi) is 3.05. The van der Waals surface area contributed by atoms with Crippen molar-refractivity contribution in [1.29, 1.82) is 0 Å². The van der Waals surface area contributed by atoms with E-state index in [0.717, 1.165) is 24.6 Å². The van der Waals surface area contributed by atoms with Crippen LogP contribution in [-0.4, -0.2) is 34.5 Å². The van der Waals surface area contributed by atoms with Crippen molar-refractivity contribution in [2.45, 2.75) is 0 Å². The van der Waals surface area contributed by atoms with Gasteiger partial charge in [-0.1, -0.05) is 0 Å². The summed E-state index contributed by atoms with van der Waals surface area (Å²) in [6.07, 6.45) is 1.60. The number of anilines is 1. The second-order valence-corrected chi connectivity index (χ2v) is 4.43. The fourth-order valence-corrected chi connectivity index (χ4v) is 2.45. The van der Waals surface area contributed by atoms with Gasteiger partial charge >= 0.3 is 5.69 Å². The number of aromatic nitrogens is 1. The highest BCUT2D eigenvalue weighted by Gasteiger charge is 2.21. The zero-order chi connectivity index (χ0) is 10.7. The number of nitrogens with zero attached hydrogens (tertiary/aromatic N) is 3. The molecule has 1 aliphatic heterocycles. The van der Waals surface area contributed by atoms with Crippen molar-refractivity contribution in [2.75, 3.05) is 29.5 Å². The van der Waals surface area contributed by atoms with Gasteiger partial charge in [-0.25, -0.2) is 4.98 Å². The first kappa shape index (κ1) is 10.2. The molecule has 1 aromatic rings. The quantitative estimate of drug-likeness (QED) is 0.564. The summed E-state index contributed by atoms with van der Waals surface area (Å²) < 4.78 is 0. The molecule has 0 spiro atoms. The largest absolute Gasteiger partial charge is 0.349 e. The van der Waals surface area contributed by atoms with Gasteiger partial charge in [0, 0.05) is 36.9 Å². The first-order chi connectivity index (χ1) is 7.29. The van der Waals surface area contributed by atoms with Gasteiger partial charge in [0.2, 0.25) is 5.82 Å². The van der Waals surface area contributed by atoms with Crippen LogP contribution in [0.3, 0.4) is 0 Å². The molecule has 0 radical (unpaired) electrons. The Morgan fingerprint density at radius 1 is 1.47 bits per heavy atom. The lowest BCUT2D eigenvalue weighted by Crippen LogP contribution is -2.33. The van der Waals surface area contributed by atoms with Crippen LogP contribution >= 0.6 is 11.8 Å². The van der Waals surface area contributed by atoms with Crippen LogP contribution in [0.15, 0.2) is 18.3 Å². The molecule has 0 amide bonds. The third-order valence-corrected chi connectivity index (χ3v) is 3.22. The number of nitro groups is 1. The lowest BCUT2D eigenvalue weighted by molar-refractivity contribution is -0.384. The van der Waals surface area contributed by atoms with Gasteiger partial charge in [0.25, 0.3) is 0 Å². The molecule has 1 fully saturated rings. The molecule has 0 saturated carbocycles. The van der Waals surface area contributed by atoms with Crippen molar-refractivity contribution >= 4 is 23.3 Å². The molecular formula is C9H11N3O2S. The van der Waals surface area contributed by atoms with Gasteiger partial charge in [0.05, 0.1) is 4.92 Å². The topological polar surface area (TPSA) is 59.3 Å². The zero-order valence-corrected chi connectivity index (χ0v) is 8.94. The van der Waals surface area contributed by atoms with Crippen molar-refractivity contribution in [1.82, 2.24) is 4.98 Å². The van der Waals surface area contributed by atoms with E-state index in [1.165, 1.54) is 6.07 Å². The van der Waals surface area contributed by atoms with Crippen LogP contribution in [0, 0.1) is 10.1 Å². The van der Waals surface area contributed by atoms with Crippen molar-refractivity contribution in [3.8, 4) is 0 Å². The van der Waals surface area contributed by atoms with Crippen LogP contribution in [0.4, 0.5) is 11.5 Å². The molecule has 1 aromatic heterocycles. The Balaban J connectivity index is 2.29. The van der Waals surface area contributed by atoms with E-state index in [9.17, 15) is 10.1 Å². The maximum atomic E-state index is 10.8. The van der Waals surface area contributed by atoms with Gasteiger partial charge in [-0.3, -0.25) is 10.1 Å². The number of pyridine rings is 1. The van der Waals surface area contributed by atoms with Gasteiger partial charge in [-0.2, -0.15) is 11.8 Å². The normalized spacial score (nSPS) is 16.4. The zero-order valence-electron chi connectivity index (χ0n) is 8.13. The Hall–Kier alpha value is -1.30. The Morgan fingerprint density at radius 3 is 2.87 bits per heavy atom. The summed E-state index contributed by atoms with van der Waals surface area (Å²) in [4.78, 5) is 16.5. The smallest absolute Gasteiger partial charge is 0.311 e. The minimum atomic E-state index is -0.371. The van der Waals surface area contributed by atoms with Crippen LogP contribution in [0.25, 0.3) is 0 Å². The molecule has 0 N–H and O–H groups in total. The molecule has 0 bridgehead atoms. The fourth-order valence-electron chi connectivity index (χ4n) is 1.55. The van der Waals surface area contributed by atoms with Crippen LogP contribution in [0.5, 0.6) is 0 Å². The lowest BCUT2D eigenvalue weighted by atomic mass is 10.3. The third kappa shape index (κ3) is 2.20. The summed E-state index contributed by atoms with van der Waals surface area (Å²) in [5.41, 5.74) is 0.101. The first-order valence-electron chi connectivity index (χ1n) is 4.71. The Morgan fingerprint density at radius 2 is 2.20 bits per heavy atom. The van der Waals surface area contributed by atoms with E-state index in [-0.39, 0.29) is 10.6 Å². The van der Waals surface area contributed by atoms with Gasteiger partial charge in [0.15, 0.2) is 0 Å². The fraction of sp³-hybridized carbons (Fsp3) is 0.444. The monoisotopic (exact) mass is 225 g/mol. The standard InChI is InChI=1S/C9H11N3O2S/c13-12(14)8-2-1-3-10-9(8)11-4-6-15-7-5-11/h1-3H,4-7H2. The van der Waals surface area contributed by atoms with E-state index in [2.05, 4.69) is 4.98 Å². The highest BCUT2D eigenvalue weighted by Crippen LogP contribution is 2.26. The third-order valence-electron chi connectivity index (χ3n) is 2.27. The van der Waals surface area contributed by atoms with Gasteiger partial charge in [-0.05, 0) is 6.07 Å². The molecule has 0 aliphatic carbocycles. The maximum absolute atomic E-state index is 10.8. The molecule has 2 rings (SSSR count). The number of rotatable bonds is 2. The Bertz CT molecular complexity index is 366. The second-order valence-electron chi connectivity index (χ2n) is 3.20. The first-order valence-corrected chi connectivity index (χ1v) is 5.86. The van der Waals surface area contributed by atoms with E-state index in [4.69, 9.17) is 0 Å². The summed E-state index contributed by atoms with van der Waals surface area (Å²) in [6.45, 7) is 1.67. The molecule has 15 heavy (non-hydrogen) atoms. The van der Waals surface area contributed by atoms with Crippen LogP contribution in [0.2, 0.25) is 0 Å².